The van der Waals surface area contributed by atoms with E-state index in [4.69, 9.17) is 9.84 Å². The third-order valence-electron chi connectivity index (χ3n) is 4.49. The molecule has 1 aliphatic rings. The van der Waals surface area contributed by atoms with Gasteiger partial charge in [-0.1, -0.05) is 29.8 Å². The first-order valence-corrected chi connectivity index (χ1v) is 8.19. The van der Waals surface area contributed by atoms with Gasteiger partial charge in [-0.25, -0.2) is 0 Å². The van der Waals surface area contributed by atoms with Crippen LogP contribution in [0.3, 0.4) is 0 Å². The summed E-state index contributed by atoms with van der Waals surface area (Å²) in [7, 11) is 0. The zero-order valence-corrected chi connectivity index (χ0v) is 13.6. The lowest BCUT2D eigenvalue weighted by atomic mass is 9.73. The normalized spacial score (nSPS) is 16.7. The molecule has 0 saturated carbocycles. The minimum absolute atomic E-state index is 0.0278. The van der Waals surface area contributed by atoms with Crippen LogP contribution in [0.2, 0.25) is 0 Å². The van der Waals surface area contributed by atoms with Gasteiger partial charge in [0.15, 0.2) is 0 Å². The van der Waals surface area contributed by atoms with Crippen molar-refractivity contribution < 1.29 is 19.4 Å². The van der Waals surface area contributed by atoms with Crippen molar-refractivity contribution in [1.82, 2.24) is 5.32 Å². The third-order valence-corrected chi connectivity index (χ3v) is 4.49. The molecule has 1 aliphatic heterocycles. The van der Waals surface area contributed by atoms with Crippen LogP contribution in [-0.4, -0.2) is 36.7 Å². The maximum absolute atomic E-state index is 12.8. The second-order valence-corrected chi connectivity index (χ2v) is 6.17. The number of amides is 1. The van der Waals surface area contributed by atoms with Crippen LogP contribution in [-0.2, 0) is 19.7 Å². The lowest BCUT2D eigenvalue weighted by Gasteiger charge is -2.36. The monoisotopic (exact) mass is 319 g/mol. The van der Waals surface area contributed by atoms with Crippen LogP contribution < -0.4 is 5.32 Å². The van der Waals surface area contributed by atoms with Crippen LogP contribution >= 0.6 is 0 Å². The van der Waals surface area contributed by atoms with Gasteiger partial charge in [-0.15, -0.1) is 0 Å². The fraction of sp³-hybridized carbons (Fsp3) is 0.556. The molecule has 0 spiro atoms. The Labute approximate surface area is 137 Å². The summed E-state index contributed by atoms with van der Waals surface area (Å²) < 4.78 is 5.44. The predicted octanol–water partition coefficient (Wildman–Crippen LogP) is 2.41. The molecule has 1 aromatic rings. The van der Waals surface area contributed by atoms with E-state index < -0.39 is 11.4 Å². The first kappa shape index (κ1) is 17.5. The number of carboxylic acids is 1. The van der Waals surface area contributed by atoms with Crippen LogP contribution in [0, 0.1) is 6.92 Å². The van der Waals surface area contributed by atoms with E-state index in [2.05, 4.69) is 5.32 Å². The van der Waals surface area contributed by atoms with E-state index >= 15 is 0 Å². The molecule has 2 rings (SSSR count). The number of rotatable bonds is 7. The Morgan fingerprint density at radius 2 is 1.83 bits per heavy atom. The number of aryl methyl sites for hydroxylation is 1. The molecule has 0 unspecified atom stereocenters. The second-order valence-electron chi connectivity index (χ2n) is 6.17. The van der Waals surface area contributed by atoms with Crippen molar-refractivity contribution in [2.45, 2.75) is 44.4 Å². The molecule has 126 valence electrons. The summed E-state index contributed by atoms with van der Waals surface area (Å²) in [5.74, 6) is -0.767. The molecule has 5 heteroatoms. The number of hydrogen-bond donors (Lipinski definition) is 2. The molecule has 23 heavy (non-hydrogen) atoms. The minimum atomic E-state index is -0.795. The number of carbonyl (C=O) groups excluding carboxylic acids is 1. The highest BCUT2D eigenvalue weighted by Gasteiger charge is 2.41. The molecule has 0 bridgehead atoms. The van der Waals surface area contributed by atoms with E-state index in [-0.39, 0.29) is 12.3 Å². The van der Waals surface area contributed by atoms with E-state index in [1.807, 2.05) is 31.2 Å². The van der Waals surface area contributed by atoms with Crippen molar-refractivity contribution in [3.8, 4) is 0 Å². The van der Waals surface area contributed by atoms with Gasteiger partial charge >= 0.3 is 5.97 Å². The standard InChI is InChI=1S/C18H25NO4/c1-14-5-7-15(8-6-14)18(9-12-23-13-10-18)17(22)19-11-3-2-4-16(20)21/h5-8H,2-4,9-13H2,1H3,(H,19,22)(H,20,21). The number of carbonyl (C=O) groups is 2. The van der Waals surface area contributed by atoms with Crippen LogP contribution in [0.5, 0.6) is 0 Å². The molecule has 0 atom stereocenters. The van der Waals surface area contributed by atoms with Crippen LogP contribution in [0.15, 0.2) is 24.3 Å². The molecule has 1 fully saturated rings. The zero-order chi connectivity index (χ0) is 16.7. The summed E-state index contributed by atoms with van der Waals surface area (Å²) in [5.41, 5.74) is 1.68. The van der Waals surface area contributed by atoms with E-state index in [1.54, 1.807) is 0 Å². The summed E-state index contributed by atoms with van der Waals surface area (Å²) in [6.45, 7) is 3.71. The largest absolute Gasteiger partial charge is 0.481 e. The number of unbranched alkanes of at least 4 members (excludes halogenated alkanes) is 1. The lowest BCUT2D eigenvalue weighted by molar-refractivity contribution is -0.137. The molecule has 1 amide bonds. The SMILES string of the molecule is Cc1ccc(C2(C(=O)NCCCCC(=O)O)CCOCC2)cc1. The van der Waals surface area contributed by atoms with Gasteiger partial charge in [0, 0.05) is 26.2 Å². The van der Waals surface area contributed by atoms with Crippen molar-refractivity contribution in [2.24, 2.45) is 0 Å². The minimum Gasteiger partial charge on any atom is -0.481 e. The molecule has 5 nitrogen and oxygen atoms in total. The quantitative estimate of drug-likeness (QED) is 0.757. The fourth-order valence-corrected chi connectivity index (χ4v) is 3.01. The maximum atomic E-state index is 12.8. The van der Waals surface area contributed by atoms with Gasteiger partial charge in [0.1, 0.15) is 0 Å². The second kappa shape index (κ2) is 8.11. The molecular weight excluding hydrogens is 294 g/mol. The van der Waals surface area contributed by atoms with Gasteiger partial charge in [0.2, 0.25) is 5.91 Å². The van der Waals surface area contributed by atoms with Gasteiger partial charge in [-0.3, -0.25) is 9.59 Å². The van der Waals surface area contributed by atoms with E-state index in [9.17, 15) is 9.59 Å². The number of ether oxygens (including phenoxy) is 1. The molecule has 2 N–H and O–H groups in total. The summed E-state index contributed by atoms with van der Waals surface area (Å²) in [5, 5.41) is 11.6. The Balaban J connectivity index is 2.01. The number of nitrogens with one attached hydrogen (secondary N) is 1. The van der Waals surface area contributed by atoms with Crippen molar-refractivity contribution >= 4 is 11.9 Å². The first-order valence-electron chi connectivity index (χ1n) is 8.19. The summed E-state index contributed by atoms with van der Waals surface area (Å²) in [6, 6.07) is 8.13. The maximum Gasteiger partial charge on any atom is 0.303 e. The molecule has 1 aromatic carbocycles. The summed E-state index contributed by atoms with van der Waals surface area (Å²) >= 11 is 0. The van der Waals surface area contributed by atoms with Crippen molar-refractivity contribution in [3.63, 3.8) is 0 Å². The van der Waals surface area contributed by atoms with E-state index in [0.29, 0.717) is 45.4 Å². The predicted molar refractivity (Wildman–Crippen MR) is 87.4 cm³/mol. The summed E-state index contributed by atoms with van der Waals surface area (Å²) in [6.07, 6.45) is 2.76. The van der Waals surface area contributed by atoms with E-state index in [1.165, 1.54) is 5.56 Å². The molecule has 1 saturated heterocycles. The van der Waals surface area contributed by atoms with Gasteiger partial charge in [-0.05, 0) is 38.2 Å². The number of benzene rings is 1. The first-order chi connectivity index (χ1) is 11.0. The van der Waals surface area contributed by atoms with Crippen LogP contribution in [0.1, 0.15) is 43.2 Å². The Bertz CT molecular complexity index is 532. The lowest BCUT2D eigenvalue weighted by Crippen LogP contribution is -2.48. The average molecular weight is 319 g/mol. The highest BCUT2D eigenvalue weighted by molar-refractivity contribution is 5.88. The van der Waals surface area contributed by atoms with Crippen molar-refractivity contribution in [1.29, 1.82) is 0 Å². The Morgan fingerprint density at radius 1 is 1.17 bits per heavy atom. The van der Waals surface area contributed by atoms with Crippen molar-refractivity contribution in [2.75, 3.05) is 19.8 Å². The van der Waals surface area contributed by atoms with Gasteiger partial charge in [0.25, 0.3) is 0 Å². The fourth-order valence-electron chi connectivity index (χ4n) is 3.01. The number of aliphatic carboxylic acids is 1. The number of carboxylic acid groups (broad SMARTS) is 1. The molecule has 0 aliphatic carbocycles. The average Bonchev–Trinajstić information content (AvgIpc) is 2.55. The molecule has 0 aromatic heterocycles. The molecular formula is C18H25NO4. The Kier molecular flexibility index (Phi) is 6.16. The topological polar surface area (TPSA) is 75.6 Å². The van der Waals surface area contributed by atoms with Crippen LogP contribution in [0.4, 0.5) is 0 Å². The van der Waals surface area contributed by atoms with Gasteiger partial charge in [-0.2, -0.15) is 0 Å². The highest BCUT2D eigenvalue weighted by Crippen LogP contribution is 2.35. The van der Waals surface area contributed by atoms with Crippen LogP contribution in [0.25, 0.3) is 0 Å². The number of hydrogen-bond acceptors (Lipinski definition) is 3. The Hall–Kier alpha value is -1.88. The van der Waals surface area contributed by atoms with Gasteiger partial charge in [0.05, 0.1) is 5.41 Å². The van der Waals surface area contributed by atoms with Crippen molar-refractivity contribution in [3.05, 3.63) is 35.4 Å². The third kappa shape index (κ3) is 4.55. The molecule has 1 heterocycles. The highest BCUT2D eigenvalue weighted by atomic mass is 16.5. The molecule has 0 radical (unpaired) electrons. The smallest absolute Gasteiger partial charge is 0.303 e. The van der Waals surface area contributed by atoms with E-state index in [0.717, 1.165) is 5.56 Å². The van der Waals surface area contributed by atoms with Gasteiger partial charge < -0.3 is 15.2 Å². The Morgan fingerprint density at radius 3 is 2.43 bits per heavy atom. The summed E-state index contributed by atoms with van der Waals surface area (Å²) in [4.78, 5) is 23.3. The zero-order valence-electron chi connectivity index (χ0n) is 13.6.